The van der Waals surface area contributed by atoms with Crippen LogP contribution in [0.3, 0.4) is 0 Å². The van der Waals surface area contributed by atoms with Crippen LogP contribution in [-0.4, -0.2) is 29.4 Å². The second-order valence-electron chi connectivity index (χ2n) is 7.44. The van der Waals surface area contributed by atoms with E-state index in [1.807, 2.05) is 6.07 Å². The van der Waals surface area contributed by atoms with Crippen molar-refractivity contribution in [3.05, 3.63) is 77.6 Å². The van der Waals surface area contributed by atoms with Crippen molar-refractivity contribution in [3.63, 3.8) is 0 Å². The molecule has 4 heteroatoms. The maximum Gasteiger partial charge on any atom is 0.244 e. The molecule has 2 saturated heterocycles. The van der Waals surface area contributed by atoms with Gasteiger partial charge in [0.05, 0.1) is 0 Å². The molecule has 0 aromatic heterocycles. The van der Waals surface area contributed by atoms with Gasteiger partial charge in [-0.15, -0.1) is 0 Å². The number of benzene rings is 2. The van der Waals surface area contributed by atoms with Crippen LogP contribution in [0.25, 0.3) is 6.08 Å². The van der Waals surface area contributed by atoms with Crippen molar-refractivity contribution in [2.24, 2.45) is 5.92 Å². The average Bonchev–Trinajstić information content (AvgIpc) is 3.14. The van der Waals surface area contributed by atoms with Crippen LogP contribution >= 0.6 is 0 Å². The Labute approximate surface area is 153 Å². The molecule has 0 unspecified atom stereocenters. The van der Waals surface area contributed by atoms with Crippen molar-refractivity contribution in [1.29, 1.82) is 0 Å². The van der Waals surface area contributed by atoms with Gasteiger partial charge in [-0.2, -0.15) is 0 Å². The van der Waals surface area contributed by atoms with Gasteiger partial charge in [0.1, 0.15) is 5.82 Å². The van der Waals surface area contributed by atoms with E-state index in [9.17, 15) is 9.18 Å². The minimum absolute atomic E-state index is 0.0853. The van der Waals surface area contributed by atoms with E-state index in [1.165, 1.54) is 23.8 Å². The summed E-state index contributed by atoms with van der Waals surface area (Å²) < 4.78 is 13.6. The van der Waals surface area contributed by atoms with Crippen molar-refractivity contribution in [2.45, 2.75) is 24.9 Å². The Morgan fingerprint density at radius 1 is 1.15 bits per heavy atom. The molecule has 2 aliphatic heterocycles. The van der Waals surface area contributed by atoms with Gasteiger partial charge in [-0.3, -0.25) is 9.69 Å². The Morgan fingerprint density at radius 3 is 2.65 bits per heavy atom. The van der Waals surface area contributed by atoms with Crippen LogP contribution < -0.4 is 5.32 Å². The molecule has 0 spiro atoms. The number of nitrogens with one attached hydrogen (secondary N) is 1. The molecule has 3 fully saturated rings. The van der Waals surface area contributed by atoms with Crippen LogP contribution in [-0.2, 0) is 11.3 Å². The first-order valence-electron chi connectivity index (χ1n) is 9.14. The van der Waals surface area contributed by atoms with Crippen molar-refractivity contribution < 1.29 is 9.18 Å². The van der Waals surface area contributed by atoms with Crippen LogP contribution in [0.1, 0.15) is 24.0 Å². The van der Waals surface area contributed by atoms with Crippen LogP contribution in [0.15, 0.2) is 60.7 Å². The first kappa shape index (κ1) is 17.0. The summed E-state index contributed by atoms with van der Waals surface area (Å²) in [5.74, 6) is 0.268. The molecule has 1 aliphatic carbocycles. The molecule has 3 aliphatic rings. The lowest BCUT2D eigenvalue weighted by Crippen LogP contribution is -2.53. The quantitative estimate of drug-likeness (QED) is 0.807. The molecule has 2 aromatic rings. The van der Waals surface area contributed by atoms with Gasteiger partial charge in [0.25, 0.3) is 0 Å². The van der Waals surface area contributed by atoms with Crippen molar-refractivity contribution in [1.82, 2.24) is 10.2 Å². The third-order valence-corrected chi connectivity index (χ3v) is 5.61. The number of nitrogens with zero attached hydrogens (tertiary/aromatic N) is 1. The molecule has 26 heavy (non-hydrogen) atoms. The smallest absolute Gasteiger partial charge is 0.244 e. The molecule has 1 N–H and O–H groups in total. The van der Waals surface area contributed by atoms with Gasteiger partial charge >= 0.3 is 0 Å². The summed E-state index contributed by atoms with van der Waals surface area (Å²) in [6, 6.07) is 16.9. The highest BCUT2D eigenvalue weighted by Crippen LogP contribution is 2.50. The van der Waals surface area contributed by atoms with Gasteiger partial charge in [0.15, 0.2) is 0 Å². The molecule has 1 saturated carbocycles. The van der Waals surface area contributed by atoms with Crippen LogP contribution in [0.2, 0.25) is 0 Å². The molecule has 0 atom stereocenters. The van der Waals surface area contributed by atoms with Gasteiger partial charge in [-0.05, 0) is 36.5 Å². The molecule has 134 valence electrons. The van der Waals surface area contributed by atoms with Crippen molar-refractivity contribution in [2.75, 3.05) is 13.1 Å². The summed E-state index contributed by atoms with van der Waals surface area (Å²) in [6.45, 7) is 2.69. The lowest BCUT2D eigenvalue weighted by Gasteiger charge is -2.42. The second-order valence-corrected chi connectivity index (χ2v) is 7.44. The maximum absolute atomic E-state index is 13.6. The zero-order valence-electron chi connectivity index (χ0n) is 14.7. The van der Waals surface area contributed by atoms with E-state index in [0.29, 0.717) is 12.1 Å². The average molecular weight is 350 g/mol. The summed E-state index contributed by atoms with van der Waals surface area (Å²) in [7, 11) is 0. The molecule has 2 heterocycles. The fraction of sp³-hybridized carbons (Fsp3) is 0.318. The minimum atomic E-state index is -0.318. The number of rotatable bonds is 6. The lowest BCUT2D eigenvalue weighted by atomic mass is 9.73. The van der Waals surface area contributed by atoms with Gasteiger partial charge in [-0.25, -0.2) is 4.39 Å². The third-order valence-electron chi connectivity index (χ3n) is 5.61. The number of hydrogen-bond donors (Lipinski definition) is 1. The van der Waals surface area contributed by atoms with Crippen molar-refractivity contribution >= 4 is 12.0 Å². The zero-order valence-corrected chi connectivity index (χ0v) is 14.7. The molecular weight excluding hydrogens is 327 g/mol. The van der Waals surface area contributed by atoms with E-state index in [4.69, 9.17) is 0 Å². The summed E-state index contributed by atoms with van der Waals surface area (Å²) in [5.41, 5.74) is 1.82. The topological polar surface area (TPSA) is 32.3 Å². The molecule has 2 aromatic carbocycles. The second kappa shape index (κ2) is 7.04. The van der Waals surface area contributed by atoms with Crippen LogP contribution in [0.4, 0.5) is 4.39 Å². The molecule has 0 radical (unpaired) electrons. The Balaban J connectivity index is 1.35. The van der Waals surface area contributed by atoms with Gasteiger partial charge < -0.3 is 5.32 Å². The Morgan fingerprint density at radius 2 is 1.88 bits per heavy atom. The van der Waals surface area contributed by atoms with E-state index in [0.717, 1.165) is 31.8 Å². The Bertz CT molecular complexity index is 812. The summed E-state index contributed by atoms with van der Waals surface area (Å²) in [4.78, 5) is 14.7. The first-order valence-corrected chi connectivity index (χ1v) is 9.14. The molecular formula is C22H23FN2O. The summed E-state index contributed by atoms with van der Waals surface area (Å²) in [6.07, 6.45) is 5.25. The van der Waals surface area contributed by atoms with E-state index < -0.39 is 0 Å². The third kappa shape index (κ3) is 3.42. The molecule has 3 nitrogen and oxygen atoms in total. The van der Waals surface area contributed by atoms with E-state index >= 15 is 0 Å². The molecule has 5 rings (SSSR count). The number of carbonyl (C=O) groups is 1. The van der Waals surface area contributed by atoms with Gasteiger partial charge in [0.2, 0.25) is 5.91 Å². The van der Waals surface area contributed by atoms with E-state index in [2.05, 4.69) is 34.5 Å². The fourth-order valence-corrected chi connectivity index (χ4v) is 4.29. The number of carbonyl (C=O) groups excluding carboxylic acids is 1. The lowest BCUT2D eigenvalue weighted by molar-refractivity contribution is -0.117. The Hall–Kier alpha value is -2.46. The SMILES string of the molecule is O=C(/C=C/c1ccccc1F)NCC12CC(CN1Cc1ccccc1)C2. The highest BCUT2D eigenvalue weighted by atomic mass is 19.1. The first-order chi connectivity index (χ1) is 12.6. The maximum atomic E-state index is 13.6. The number of amides is 1. The predicted molar refractivity (Wildman–Crippen MR) is 101 cm³/mol. The van der Waals surface area contributed by atoms with Crippen LogP contribution in [0, 0.1) is 11.7 Å². The predicted octanol–water partition coefficient (Wildman–Crippen LogP) is 3.62. The highest BCUT2D eigenvalue weighted by Gasteiger charge is 2.55. The molecule has 1 amide bonds. The number of halogens is 1. The van der Waals surface area contributed by atoms with E-state index in [1.54, 1.807) is 18.2 Å². The zero-order chi connectivity index (χ0) is 18.0. The molecule has 2 bridgehead atoms. The number of fused-ring (bicyclic) bond motifs is 1. The van der Waals surface area contributed by atoms with Crippen molar-refractivity contribution in [3.8, 4) is 0 Å². The van der Waals surface area contributed by atoms with Crippen LogP contribution in [0.5, 0.6) is 0 Å². The summed E-state index contributed by atoms with van der Waals surface area (Å²) >= 11 is 0. The van der Waals surface area contributed by atoms with Gasteiger partial charge in [0, 0.05) is 36.8 Å². The monoisotopic (exact) mass is 350 g/mol. The minimum Gasteiger partial charge on any atom is -0.351 e. The fourth-order valence-electron chi connectivity index (χ4n) is 4.29. The summed E-state index contributed by atoms with van der Waals surface area (Å²) in [5, 5.41) is 3.02. The van der Waals surface area contributed by atoms with Gasteiger partial charge in [-0.1, -0.05) is 48.5 Å². The number of hydrogen-bond acceptors (Lipinski definition) is 2. The standard InChI is InChI=1S/C22H23FN2O/c23-20-9-5-4-8-19(20)10-11-21(26)24-16-22-12-18(13-22)15-25(22)14-17-6-2-1-3-7-17/h1-11,18H,12-16H2,(H,24,26)/b11-10+. The normalized spacial score (nSPS) is 24.6. The van der Waals surface area contributed by atoms with E-state index in [-0.39, 0.29) is 17.3 Å². The Kier molecular flexibility index (Phi) is 4.60. The largest absolute Gasteiger partial charge is 0.351 e. The highest BCUT2D eigenvalue weighted by molar-refractivity contribution is 5.91.